The Hall–Kier alpha value is -0.710. The van der Waals surface area contributed by atoms with E-state index in [4.69, 9.17) is 0 Å². The standard InChI is InChI=1S/C12H13BrN2S/c1-8-12(15-11(16-8)7-14-2)9-3-5-10(13)6-4-9/h3-6,14H,7H2,1-2H3. The Morgan fingerprint density at radius 3 is 2.62 bits per heavy atom. The van der Waals surface area contributed by atoms with Gasteiger partial charge in [0.2, 0.25) is 0 Å². The summed E-state index contributed by atoms with van der Waals surface area (Å²) in [6, 6.07) is 8.28. The molecule has 0 atom stereocenters. The molecule has 0 unspecified atom stereocenters. The molecule has 0 aliphatic heterocycles. The predicted molar refractivity (Wildman–Crippen MR) is 72.8 cm³/mol. The van der Waals surface area contributed by atoms with Crippen LogP contribution in [0.1, 0.15) is 9.88 Å². The minimum Gasteiger partial charge on any atom is -0.314 e. The van der Waals surface area contributed by atoms with E-state index in [2.05, 4.69) is 45.3 Å². The molecule has 1 aromatic carbocycles. The number of aryl methyl sites for hydroxylation is 1. The van der Waals surface area contributed by atoms with Crippen LogP contribution in [0.5, 0.6) is 0 Å². The van der Waals surface area contributed by atoms with Gasteiger partial charge in [0.1, 0.15) is 5.01 Å². The van der Waals surface area contributed by atoms with Crippen molar-refractivity contribution in [1.29, 1.82) is 0 Å². The Labute approximate surface area is 108 Å². The molecule has 0 fully saturated rings. The second-order valence-electron chi connectivity index (χ2n) is 3.55. The van der Waals surface area contributed by atoms with Crippen LogP contribution in [0.4, 0.5) is 0 Å². The fourth-order valence-electron chi connectivity index (χ4n) is 1.55. The van der Waals surface area contributed by atoms with Crippen LogP contribution in [0.15, 0.2) is 28.7 Å². The maximum absolute atomic E-state index is 4.64. The molecule has 1 heterocycles. The van der Waals surface area contributed by atoms with Crippen molar-refractivity contribution in [2.75, 3.05) is 7.05 Å². The van der Waals surface area contributed by atoms with Gasteiger partial charge in [0.25, 0.3) is 0 Å². The van der Waals surface area contributed by atoms with Crippen LogP contribution in [0, 0.1) is 6.92 Å². The minimum atomic E-state index is 0.835. The van der Waals surface area contributed by atoms with E-state index in [0.29, 0.717) is 0 Å². The summed E-state index contributed by atoms with van der Waals surface area (Å²) in [5.41, 5.74) is 2.28. The SMILES string of the molecule is CNCc1nc(-c2ccc(Br)cc2)c(C)s1. The highest BCUT2D eigenvalue weighted by Gasteiger charge is 2.08. The number of aromatic nitrogens is 1. The van der Waals surface area contributed by atoms with E-state index < -0.39 is 0 Å². The number of benzene rings is 1. The van der Waals surface area contributed by atoms with Gasteiger partial charge in [-0.25, -0.2) is 4.98 Å². The highest BCUT2D eigenvalue weighted by molar-refractivity contribution is 9.10. The highest BCUT2D eigenvalue weighted by atomic mass is 79.9. The lowest BCUT2D eigenvalue weighted by atomic mass is 10.1. The molecule has 2 aromatic rings. The van der Waals surface area contributed by atoms with Gasteiger partial charge in [0.15, 0.2) is 0 Å². The molecule has 1 N–H and O–H groups in total. The summed E-state index contributed by atoms with van der Waals surface area (Å²) < 4.78 is 1.10. The molecule has 84 valence electrons. The third-order valence-corrected chi connectivity index (χ3v) is 3.79. The zero-order valence-corrected chi connectivity index (χ0v) is 11.7. The Bertz CT molecular complexity index is 476. The molecule has 0 aliphatic carbocycles. The van der Waals surface area contributed by atoms with Crippen molar-refractivity contribution >= 4 is 27.3 Å². The average molecular weight is 297 g/mol. The quantitative estimate of drug-likeness (QED) is 0.936. The van der Waals surface area contributed by atoms with Crippen LogP contribution in [0.25, 0.3) is 11.3 Å². The van der Waals surface area contributed by atoms with Gasteiger partial charge < -0.3 is 5.32 Å². The van der Waals surface area contributed by atoms with Crippen LogP contribution in [0.2, 0.25) is 0 Å². The minimum absolute atomic E-state index is 0.835. The van der Waals surface area contributed by atoms with Gasteiger partial charge in [-0.3, -0.25) is 0 Å². The molecule has 2 nitrogen and oxygen atoms in total. The van der Waals surface area contributed by atoms with E-state index >= 15 is 0 Å². The van der Waals surface area contributed by atoms with Gasteiger partial charge in [0, 0.05) is 21.5 Å². The zero-order valence-electron chi connectivity index (χ0n) is 9.25. The molecule has 0 bridgehead atoms. The van der Waals surface area contributed by atoms with Crippen molar-refractivity contribution in [2.24, 2.45) is 0 Å². The molecule has 0 aliphatic rings. The molecule has 0 radical (unpaired) electrons. The van der Waals surface area contributed by atoms with Gasteiger partial charge in [-0.1, -0.05) is 28.1 Å². The van der Waals surface area contributed by atoms with E-state index in [1.54, 1.807) is 11.3 Å². The number of hydrogen-bond acceptors (Lipinski definition) is 3. The van der Waals surface area contributed by atoms with E-state index in [9.17, 15) is 0 Å². The molecule has 1 aromatic heterocycles. The van der Waals surface area contributed by atoms with Crippen molar-refractivity contribution in [1.82, 2.24) is 10.3 Å². The second kappa shape index (κ2) is 5.08. The third-order valence-electron chi connectivity index (χ3n) is 2.29. The van der Waals surface area contributed by atoms with Crippen molar-refractivity contribution in [2.45, 2.75) is 13.5 Å². The Kier molecular flexibility index (Phi) is 3.74. The second-order valence-corrected chi connectivity index (χ2v) is 5.75. The largest absolute Gasteiger partial charge is 0.314 e. The van der Waals surface area contributed by atoms with Crippen LogP contribution in [0.3, 0.4) is 0 Å². The summed E-state index contributed by atoms with van der Waals surface area (Å²) in [6.45, 7) is 2.95. The number of halogens is 1. The fraction of sp³-hybridized carbons (Fsp3) is 0.250. The topological polar surface area (TPSA) is 24.9 Å². The number of rotatable bonds is 3. The molecule has 16 heavy (non-hydrogen) atoms. The van der Waals surface area contributed by atoms with Gasteiger partial charge >= 0.3 is 0 Å². The van der Waals surface area contributed by atoms with Crippen LogP contribution < -0.4 is 5.32 Å². The summed E-state index contributed by atoms with van der Waals surface area (Å²) in [6.07, 6.45) is 0. The Balaban J connectivity index is 2.36. The third kappa shape index (κ3) is 2.51. The van der Waals surface area contributed by atoms with Gasteiger partial charge in [-0.05, 0) is 26.1 Å². The molecular weight excluding hydrogens is 284 g/mol. The summed E-state index contributed by atoms with van der Waals surface area (Å²) in [7, 11) is 1.94. The fourth-order valence-corrected chi connectivity index (χ4v) is 2.79. The number of nitrogens with zero attached hydrogens (tertiary/aromatic N) is 1. The first-order valence-electron chi connectivity index (χ1n) is 5.07. The monoisotopic (exact) mass is 296 g/mol. The molecule has 0 saturated carbocycles. The van der Waals surface area contributed by atoms with Gasteiger partial charge in [-0.15, -0.1) is 11.3 Å². The average Bonchev–Trinajstić information content (AvgIpc) is 2.61. The summed E-state index contributed by atoms with van der Waals surface area (Å²) >= 11 is 5.19. The van der Waals surface area contributed by atoms with E-state index in [-0.39, 0.29) is 0 Å². The molecule has 0 amide bonds. The summed E-state index contributed by atoms with van der Waals surface area (Å²) in [5.74, 6) is 0. The van der Waals surface area contributed by atoms with Crippen LogP contribution in [-0.2, 0) is 6.54 Å². The highest BCUT2D eigenvalue weighted by Crippen LogP contribution is 2.28. The first-order chi connectivity index (χ1) is 7.70. The lowest BCUT2D eigenvalue weighted by Gasteiger charge is -1.98. The van der Waals surface area contributed by atoms with Crippen LogP contribution >= 0.6 is 27.3 Å². The smallest absolute Gasteiger partial charge is 0.107 e. The normalized spacial score (nSPS) is 10.7. The van der Waals surface area contributed by atoms with E-state index in [0.717, 1.165) is 21.7 Å². The van der Waals surface area contributed by atoms with Crippen LogP contribution in [-0.4, -0.2) is 12.0 Å². The lowest BCUT2D eigenvalue weighted by Crippen LogP contribution is -2.04. The van der Waals surface area contributed by atoms with Crippen molar-refractivity contribution < 1.29 is 0 Å². The summed E-state index contributed by atoms with van der Waals surface area (Å²) in [5, 5.41) is 4.26. The van der Waals surface area contributed by atoms with Gasteiger partial charge in [-0.2, -0.15) is 0 Å². The number of thiazole rings is 1. The molecular formula is C12H13BrN2S. The zero-order chi connectivity index (χ0) is 11.5. The Morgan fingerprint density at radius 2 is 2.00 bits per heavy atom. The Morgan fingerprint density at radius 1 is 1.31 bits per heavy atom. The van der Waals surface area contributed by atoms with Crippen molar-refractivity contribution in [3.8, 4) is 11.3 Å². The van der Waals surface area contributed by atoms with E-state index in [1.807, 2.05) is 19.2 Å². The maximum atomic E-state index is 4.64. The first kappa shape index (κ1) is 11.8. The molecule has 0 saturated heterocycles. The lowest BCUT2D eigenvalue weighted by molar-refractivity contribution is 0.811. The number of nitrogens with one attached hydrogen (secondary N) is 1. The summed E-state index contributed by atoms with van der Waals surface area (Å²) in [4.78, 5) is 5.91. The van der Waals surface area contributed by atoms with E-state index in [1.165, 1.54) is 10.4 Å². The predicted octanol–water partition coefficient (Wildman–Crippen LogP) is 3.60. The van der Waals surface area contributed by atoms with Gasteiger partial charge in [0.05, 0.1) is 5.69 Å². The van der Waals surface area contributed by atoms with Crippen molar-refractivity contribution in [3.63, 3.8) is 0 Å². The molecule has 2 rings (SSSR count). The molecule has 0 spiro atoms. The number of hydrogen-bond donors (Lipinski definition) is 1. The van der Waals surface area contributed by atoms with Crippen molar-refractivity contribution in [3.05, 3.63) is 38.6 Å². The first-order valence-corrected chi connectivity index (χ1v) is 6.68. The maximum Gasteiger partial charge on any atom is 0.107 e. The molecule has 4 heteroatoms.